The van der Waals surface area contributed by atoms with E-state index in [1.807, 2.05) is 0 Å². The van der Waals surface area contributed by atoms with E-state index in [2.05, 4.69) is 9.46 Å². The van der Waals surface area contributed by atoms with Gasteiger partial charge in [-0.2, -0.15) is 0 Å². The maximum atomic E-state index is 12.6. The predicted molar refractivity (Wildman–Crippen MR) is 98.1 cm³/mol. The lowest BCUT2D eigenvalue weighted by atomic mass is 10.2. The maximum absolute atomic E-state index is 12.6. The Hall–Kier alpha value is -2.58. The van der Waals surface area contributed by atoms with E-state index in [4.69, 9.17) is 11.6 Å². The SMILES string of the molecule is COC(=O)c1ccc(Cl)c(S(=O)(=O)Nc2ccc(C(=O)N(C)C)cc2)c1. The number of methoxy groups -OCH3 is 1. The summed E-state index contributed by atoms with van der Waals surface area (Å²) in [6, 6.07) is 9.76. The van der Waals surface area contributed by atoms with Crippen LogP contribution in [0.25, 0.3) is 0 Å². The number of hydrogen-bond donors (Lipinski definition) is 1. The number of benzene rings is 2. The Bertz CT molecular complexity index is 940. The summed E-state index contributed by atoms with van der Waals surface area (Å²) in [4.78, 5) is 24.6. The largest absolute Gasteiger partial charge is 0.465 e. The van der Waals surface area contributed by atoms with Crippen molar-refractivity contribution >= 4 is 39.2 Å². The second-order valence-corrected chi connectivity index (χ2v) is 7.58. The van der Waals surface area contributed by atoms with Crippen LogP contribution in [0.15, 0.2) is 47.4 Å². The first-order valence-electron chi connectivity index (χ1n) is 7.38. The van der Waals surface area contributed by atoms with E-state index < -0.39 is 16.0 Å². The van der Waals surface area contributed by atoms with Gasteiger partial charge in [0.25, 0.3) is 15.9 Å². The number of nitrogens with zero attached hydrogens (tertiary/aromatic N) is 1. The summed E-state index contributed by atoms with van der Waals surface area (Å²) in [6.45, 7) is 0. The first-order valence-corrected chi connectivity index (χ1v) is 9.24. The Morgan fingerprint density at radius 2 is 1.62 bits per heavy atom. The number of sulfonamides is 1. The number of nitrogens with one attached hydrogen (secondary N) is 1. The van der Waals surface area contributed by atoms with Crippen LogP contribution in [0.4, 0.5) is 5.69 Å². The van der Waals surface area contributed by atoms with Gasteiger partial charge < -0.3 is 9.64 Å². The Kier molecular flexibility index (Phi) is 5.89. The van der Waals surface area contributed by atoms with Crippen LogP contribution in [0, 0.1) is 0 Å². The summed E-state index contributed by atoms with van der Waals surface area (Å²) in [5.41, 5.74) is 0.729. The van der Waals surface area contributed by atoms with Crippen molar-refractivity contribution < 1.29 is 22.7 Å². The highest BCUT2D eigenvalue weighted by atomic mass is 35.5. The van der Waals surface area contributed by atoms with E-state index in [9.17, 15) is 18.0 Å². The molecule has 138 valence electrons. The molecule has 0 atom stereocenters. The molecule has 2 aromatic carbocycles. The Morgan fingerprint density at radius 1 is 1.04 bits per heavy atom. The van der Waals surface area contributed by atoms with E-state index in [-0.39, 0.29) is 27.1 Å². The van der Waals surface area contributed by atoms with Crippen LogP contribution in [0.5, 0.6) is 0 Å². The topological polar surface area (TPSA) is 92.8 Å². The molecule has 0 unspecified atom stereocenters. The van der Waals surface area contributed by atoms with Gasteiger partial charge in [-0.25, -0.2) is 13.2 Å². The van der Waals surface area contributed by atoms with Gasteiger partial charge in [0.15, 0.2) is 0 Å². The van der Waals surface area contributed by atoms with Crippen LogP contribution in [0.3, 0.4) is 0 Å². The van der Waals surface area contributed by atoms with Crippen molar-refractivity contribution in [2.75, 3.05) is 25.9 Å². The number of ether oxygens (including phenoxy) is 1. The summed E-state index contributed by atoms with van der Waals surface area (Å²) in [7, 11) is 0.392. The lowest BCUT2D eigenvalue weighted by Crippen LogP contribution is -2.21. The van der Waals surface area contributed by atoms with Gasteiger partial charge in [0.1, 0.15) is 4.90 Å². The molecule has 0 aliphatic heterocycles. The standard InChI is InChI=1S/C17H17ClN2O5S/c1-20(2)16(21)11-4-7-13(8-5-11)19-26(23,24)15-10-12(17(22)25-3)6-9-14(15)18/h4-10,19H,1-3H3. The van der Waals surface area contributed by atoms with Gasteiger partial charge in [-0.1, -0.05) is 11.6 Å². The molecule has 26 heavy (non-hydrogen) atoms. The van der Waals surface area contributed by atoms with Gasteiger partial charge in [-0.3, -0.25) is 9.52 Å². The van der Waals surface area contributed by atoms with Crippen molar-refractivity contribution in [1.82, 2.24) is 4.90 Å². The van der Waals surface area contributed by atoms with Crippen LogP contribution >= 0.6 is 11.6 Å². The molecular formula is C17H17ClN2O5S. The van der Waals surface area contributed by atoms with Gasteiger partial charge in [0, 0.05) is 25.3 Å². The van der Waals surface area contributed by atoms with Gasteiger partial charge >= 0.3 is 5.97 Å². The molecular weight excluding hydrogens is 380 g/mol. The lowest BCUT2D eigenvalue weighted by molar-refractivity contribution is 0.0600. The summed E-state index contributed by atoms with van der Waals surface area (Å²) < 4.78 is 32.1. The van der Waals surface area contributed by atoms with Crippen molar-refractivity contribution in [1.29, 1.82) is 0 Å². The van der Waals surface area contributed by atoms with Crippen LogP contribution in [-0.4, -0.2) is 46.4 Å². The minimum Gasteiger partial charge on any atom is -0.465 e. The van der Waals surface area contributed by atoms with E-state index in [0.717, 1.165) is 6.07 Å². The molecule has 7 nitrogen and oxygen atoms in total. The molecule has 0 heterocycles. The van der Waals surface area contributed by atoms with Crippen LogP contribution < -0.4 is 4.72 Å². The van der Waals surface area contributed by atoms with Crippen molar-refractivity contribution in [3.8, 4) is 0 Å². The number of carbonyl (C=O) groups is 2. The minimum absolute atomic E-state index is 0.0374. The molecule has 0 fully saturated rings. The normalized spacial score (nSPS) is 10.9. The highest BCUT2D eigenvalue weighted by molar-refractivity contribution is 7.92. The maximum Gasteiger partial charge on any atom is 0.337 e. The number of amides is 1. The molecule has 9 heteroatoms. The average molecular weight is 397 g/mol. The van der Waals surface area contributed by atoms with Crippen molar-refractivity contribution in [3.63, 3.8) is 0 Å². The summed E-state index contributed by atoms with van der Waals surface area (Å²) in [5.74, 6) is -0.877. The lowest BCUT2D eigenvalue weighted by Gasteiger charge is -2.12. The highest BCUT2D eigenvalue weighted by Gasteiger charge is 2.21. The molecule has 1 N–H and O–H groups in total. The number of esters is 1. The van der Waals surface area contributed by atoms with Crippen molar-refractivity contribution in [2.45, 2.75) is 4.90 Å². The summed E-state index contributed by atoms with van der Waals surface area (Å²) in [5, 5.41) is -0.0374. The first-order chi connectivity index (χ1) is 12.2. The van der Waals surface area contributed by atoms with Crippen LogP contribution in [0.2, 0.25) is 5.02 Å². The van der Waals surface area contributed by atoms with Crippen LogP contribution in [-0.2, 0) is 14.8 Å². The van der Waals surface area contributed by atoms with Gasteiger partial charge in [-0.15, -0.1) is 0 Å². The predicted octanol–water partition coefficient (Wildman–Crippen LogP) is 2.63. The quantitative estimate of drug-likeness (QED) is 0.784. The zero-order valence-electron chi connectivity index (χ0n) is 14.3. The molecule has 0 aliphatic rings. The summed E-state index contributed by atoms with van der Waals surface area (Å²) in [6.07, 6.45) is 0. The molecule has 0 saturated carbocycles. The summed E-state index contributed by atoms with van der Waals surface area (Å²) >= 11 is 5.98. The molecule has 0 aliphatic carbocycles. The molecule has 0 bridgehead atoms. The number of hydrogen-bond acceptors (Lipinski definition) is 5. The van der Waals surface area contributed by atoms with Gasteiger partial charge in [0.05, 0.1) is 17.7 Å². The zero-order chi connectivity index (χ0) is 19.5. The molecule has 1 amide bonds. The van der Waals surface area contributed by atoms with Gasteiger partial charge in [-0.05, 0) is 42.5 Å². The van der Waals surface area contributed by atoms with Crippen LogP contribution in [0.1, 0.15) is 20.7 Å². The van der Waals surface area contributed by atoms with E-state index in [1.54, 1.807) is 14.1 Å². The number of carbonyl (C=O) groups excluding carboxylic acids is 2. The molecule has 2 aromatic rings. The fourth-order valence-electron chi connectivity index (χ4n) is 2.10. The monoisotopic (exact) mass is 396 g/mol. The van der Waals surface area contributed by atoms with E-state index >= 15 is 0 Å². The highest BCUT2D eigenvalue weighted by Crippen LogP contribution is 2.25. The van der Waals surface area contributed by atoms with E-state index in [0.29, 0.717) is 5.56 Å². The number of anilines is 1. The first kappa shape index (κ1) is 19.7. The van der Waals surface area contributed by atoms with Crippen molar-refractivity contribution in [2.24, 2.45) is 0 Å². The third-order valence-electron chi connectivity index (χ3n) is 3.43. The third-order valence-corrected chi connectivity index (χ3v) is 5.29. The third kappa shape index (κ3) is 4.33. The number of halogens is 1. The molecule has 2 rings (SSSR count). The number of rotatable bonds is 5. The van der Waals surface area contributed by atoms with Crippen molar-refractivity contribution in [3.05, 3.63) is 58.6 Å². The molecule has 0 spiro atoms. The molecule has 0 aromatic heterocycles. The smallest absolute Gasteiger partial charge is 0.337 e. The van der Waals surface area contributed by atoms with Gasteiger partial charge in [0.2, 0.25) is 0 Å². The fourth-order valence-corrected chi connectivity index (χ4v) is 3.69. The molecule has 0 radical (unpaired) electrons. The molecule has 0 saturated heterocycles. The minimum atomic E-state index is -4.04. The Morgan fingerprint density at radius 3 is 2.15 bits per heavy atom. The Labute approximate surface area is 156 Å². The van der Waals surface area contributed by atoms with E-state index in [1.165, 1.54) is 48.4 Å². The average Bonchev–Trinajstić information content (AvgIpc) is 2.60. The Balaban J connectivity index is 2.31. The second kappa shape index (κ2) is 7.76. The second-order valence-electron chi connectivity index (χ2n) is 5.52. The zero-order valence-corrected chi connectivity index (χ0v) is 15.9. The fraction of sp³-hybridized carbons (Fsp3) is 0.176.